The van der Waals surface area contributed by atoms with E-state index in [1.807, 2.05) is 6.92 Å². The minimum Gasteiger partial charge on any atom is -0.208 e. The van der Waals surface area contributed by atoms with E-state index in [1.165, 1.54) is 43.5 Å². The van der Waals surface area contributed by atoms with Crippen LogP contribution < -0.4 is 9.44 Å². The van der Waals surface area contributed by atoms with Crippen molar-refractivity contribution in [3.63, 3.8) is 0 Å². The van der Waals surface area contributed by atoms with Crippen LogP contribution in [0.15, 0.2) is 34.1 Å². The summed E-state index contributed by atoms with van der Waals surface area (Å²) in [6.45, 7) is 2.02. The molecule has 0 aliphatic heterocycles. The Morgan fingerprint density at radius 1 is 0.828 bits per heavy atom. The van der Waals surface area contributed by atoms with E-state index in [0.29, 0.717) is 0 Å². The topological polar surface area (TPSA) is 92.3 Å². The third-order valence-electron chi connectivity index (χ3n) is 7.68. The lowest BCUT2D eigenvalue weighted by Crippen LogP contribution is -2.55. The predicted molar refractivity (Wildman–Crippen MR) is 110 cm³/mol. The molecule has 5 fully saturated rings. The number of hydrogen-bond donors (Lipinski definition) is 2. The summed E-state index contributed by atoms with van der Waals surface area (Å²) in [6, 6.07) is 5.47. The number of sulfonamides is 2. The van der Waals surface area contributed by atoms with E-state index in [9.17, 15) is 16.8 Å². The second-order valence-corrected chi connectivity index (χ2v) is 13.4. The molecule has 0 heterocycles. The Kier molecular flexibility index (Phi) is 4.66. The quantitative estimate of drug-likeness (QED) is 0.684. The summed E-state index contributed by atoms with van der Waals surface area (Å²) in [7, 11) is -7.27. The second-order valence-electron chi connectivity index (χ2n) is 9.99. The number of rotatable bonds is 7. The maximum Gasteiger partial charge on any atom is 0.240 e. The summed E-state index contributed by atoms with van der Waals surface area (Å²) in [4.78, 5) is 0.233. The molecule has 1 atom stereocenters. The summed E-state index contributed by atoms with van der Waals surface area (Å²) in [5.41, 5.74) is 0.0826. The van der Waals surface area contributed by atoms with Gasteiger partial charge in [-0.1, -0.05) is 0 Å². The van der Waals surface area contributed by atoms with Gasteiger partial charge in [-0.3, -0.25) is 0 Å². The van der Waals surface area contributed by atoms with E-state index in [1.54, 1.807) is 0 Å². The minimum atomic E-state index is -3.69. The zero-order valence-corrected chi connectivity index (χ0v) is 18.4. The van der Waals surface area contributed by atoms with Gasteiger partial charge in [-0.15, -0.1) is 0 Å². The molecule has 6 rings (SSSR count). The lowest BCUT2D eigenvalue weighted by Gasteiger charge is -2.59. The van der Waals surface area contributed by atoms with Gasteiger partial charge in [0.15, 0.2) is 0 Å². The zero-order valence-electron chi connectivity index (χ0n) is 16.8. The number of nitrogens with one attached hydrogen (secondary N) is 2. The average Bonchev–Trinajstić information content (AvgIpc) is 3.43. The lowest BCUT2D eigenvalue weighted by atomic mass is 9.48. The molecule has 29 heavy (non-hydrogen) atoms. The molecular formula is C21H30N2O4S2. The van der Waals surface area contributed by atoms with E-state index < -0.39 is 20.0 Å². The molecule has 1 aromatic carbocycles. The Bertz CT molecular complexity index is 962. The molecule has 4 bridgehead atoms. The molecule has 5 saturated carbocycles. The van der Waals surface area contributed by atoms with Crippen molar-refractivity contribution < 1.29 is 16.8 Å². The van der Waals surface area contributed by atoms with Crippen molar-refractivity contribution in [3.8, 4) is 0 Å². The van der Waals surface area contributed by atoms with Crippen molar-refractivity contribution in [1.82, 2.24) is 9.44 Å². The predicted octanol–water partition coefficient (Wildman–Crippen LogP) is 3.01. The van der Waals surface area contributed by atoms with E-state index >= 15 is 0 Å². The third kappa shape index (κ3) is 3.77. The highest BCUT2D eigenvalue weighted by atomic mass is 32.2. The highest BCUT2D eigenvalue weighted by molar-refractivity contribution is 7.90. The Balaban J connectivity index is 1.32. The Hall–Kier alpha value is -0.960. The summed E-state index contributed by atoms with van der Waals surface area (Å²) in [5.74, 6) is 2.28. The van der Waals surface area contributed by atoms with Gasteiger partial charge in [-0.05, 0) is 106 Å². The van der Waals surface area contributed by atoms with Crippen molar-refractivity contribution in [2.24, 2.45) is 23.2 Å². The Labute approximate surface area is 174 Å². The van der Waals surface area contributed by atoms with Crippen LogP contribution in [0.5, 0.6) is 0 Å². The molecule has 0 saturated heterocycles. The van der Waals surface area contributed by atoms with Gasteiger partial charge in [0, 0.05) is 12.1 Å². The second kappa shape index (κ2) is 6.77. The number of hydrogen-bond acceptors (Lipinski definition) is 4. The summed E-state index contributed by atoms with van der Waals surface area (Å²) < 4.78 is 56.2. The van der Waals surface area contributed by atoms with Gasteiger partial charge in [0.25, 0.3) is 0 Å². The highest BCUT2D eigenvalue weighted by Crippen LogP contribution is 2.61. The molecule has 0 spiro atoms. The van der Waals surface area contributed by atoms with Gasteiger partial charge < -0.3 is 0 Å². The fourth-order valence-electron chi connectivity index (χ4n) is 6.42. The van der Waals surface area contributed by atoms with Crippen molar-refractivity contribution in [2.45, 2.75) is 80.2 Å². The number of benzene rings is 1. The van der Waals surface area contributed by atoms with Crippen LogP contribution >= 0.6 is 0 Å². The molecule has 2 N–H and O–H groups in total. The fraction of sp³-hybridized carbons (Fsp3) is 0.714. The van der Waals surface area contributed by atoms with E-state index in [-0.39, 0.29) is 27.3 Å². The molecule has 8 heteroatoms. The van der Waals surface area contributed by atoms with Crippen LogP contribution in [-0.2, 0) is 20.0 Å². The normalized spacial score (nSPS) is 35.0. The van der Waals surface area contributed by atoms with E-state index in [0.717, 1.165) is 49.9 Å². The van der Waals surface area contributed by atoms with Crippen LogP contribution in [0.25, 0.3) is 0 Å². The maximum atomic E-state index is 13.0. The standard InChI is InChI=1S/C21H30N2O4S2/c1-14(21-11-15-8-16(12-21)10-17(9-15)13-21)22-28(24,25)19-4-6-20(7-5-19)29(26,27)23-18-2-3-18/h4-7,14-18,22-23H,2-3,8-13H2,1H3. The largest absolute Gasteiger partial charge is 0.240 e. The Morgan fingerprint density at radius 2 is 1.28 bits per heavy atom. The SMILES string of the molecule is CC(NS(=O)(=O)c1ccc(S(=O)(=O)NC2CC2)cc1)C12CC3CC(CC(C3)C1)C2. The van der Waals surface area contributed by atoms with Gasteiger partial charge >= 0.3 is 0 Å². The van der Waals surface area contributed by atoms with Gasteiger partial charge in [-0.25, -0.2) is 26.3 Å². The minimum absolute atomic E-state index is 0.0196. The third-order valence-corrected chi connectivity index (χ3v) is 10.8. The van der Waals surface area contributed by atoms with Gasteiger partial charge in [0.05, 0.1) is 9.79 Å². The molecular weight excluding hydrogens is 408 g/mol. The summed E-state index contributed by atoms with van der Waals surface area (Å²) >= 11 is 0. The van der Waals surface area contributed by atoms with Crippen molar-refractivity contribution in [3.05, 3.63) is 24.3 Å². The van der Waals surface area contributed by atoms with Crippen molar-refractivity contribution >= 4 is 20.0 Å². The summed E-state index contributed by atoms with van der Waals surface area (Å²) in [6.07, 6.45) is 9.08. The first-order chi connectivity index (χ1) is 13.7. The average molecular weight is 439 g/mol. The molecule has 1 unspecified atom stereocenters. The maximum absolute atomic E-state index is 13.0. The zero-order chi connectivity index (χ0) is 20.4. The smallest absolute Gasteiger partial charge is 0.208 e. The molecule has 6 nitrogen and oxygen atoms in total. The molecule has 0 amide bonds. The van der Waals surface area contributed by atoms with Crippen LogP contribution in [-0.4, -0.2) is 28.9 Å². The van der Waals surface area contributed by atoms with Crippen LogP contribution in [0.2, 0.25) is 0 Å². The highest BCUT2D eigenvalue weighted by Gasteiger charge is 2.53. The fourth-order valence-corrected chi connectivity index (χ4v) is 9.07. The lowest BCUT2D eigenvalue weighted by molar-refractivity contribution is -0.0666. The van der Waals surface area contributed by atoms with Crippen LogP contribution in [0.1, 0.15) is 58.3 Å². The molecule has 1 aromatic rings. The molecule has 0 aromatic heterocycles. The summed E-state index contributed by atoms with van der Waals surface area (Å²) in [5, 5.41) is 0. The first-order valence-corrected chi connectivity index (χ1v) is 13.8. The van der Waals surface area contributed by atoms with Gasteiger partial charge in [0.1, 0.15) is 0 Å². The first kappa shape index (κ1) is 20.0. The van der Waals surface area contributed by atoms with Crippen LogP contribution in [0, 0.1) is 23.2 Å². The van der Waals surface area contributed by atoms with Gasteiger partial charge in [0.2, 0.25) is 20.0 Å². The van der Waals surface area contributed by atoms with Crippen LogP contribution in [0.3, 0.4) is 0 Å². The molecule has 5 aliphatic carbocycles. The monoisotopic (exact) mass is 438 g/mol. The van der Waals surface area contributed by atoms with E-state index in [2.05, 4.69) is 9.44 Å². The molecule has 160 valence electrons. The Morgan fingerprint density at radius 3 is 1.72 bits per heavy atom. The molecule has 5 aliphatic rings. The first-order valence-electron chi connectivity index (χ1n) is 10.8. The van der Waals surface area contributed by atoms with E-state index in [4.69, 9.17) is 0 Å². The van der Waals surface area contributed by atoms with Crippen molar-refractivity contribution in [2.75, 3.05) is 0 Å². The van der Waals surface area contributed by atoms with Crippen molar-refractivity contribution in [1.29, 1.82) is 0 Å². The van der Waals surface area contributed by atoms with Crippen LogP contribution in [0.4, 0.5) is 0 Å². The van der Waals surface area contributed by atoms with Gasteiger partial charge in [-0.2, -0.15) is 0 Å². The molecule has 0 radical (unpaired) electrons.